The molecular weight excluding hydrogens is 378 g/mol. The third-order valence-corrected chi connectivity index (χ3v) is 5.68. The van der Waals surface area contributed by atoms with E-state index in [1.807, 2.05) is 0 Å². The summed E-state index contributed by atoms with van der Waals surface area (Å²) in [7, 11) is 2.30. The second-order valence-corrected chi connectivity index (χ2v) is 9.02. The summed E-state index contributed by atoms with van der Waals surface area (Å²) >= 11 is 7.14. The monoisotopic (exact) mass is 397 g/mol. The summed E-state index contributed by atoms with van der Waals surface area (Å²) in [5, 5.41) is 0. The zero-order chi connectivity index (χ0) is 14.3. The first kappa shape index (κ1) is 14.8. The second-order valence-electron chi connectivity index (χ2n) is 6.25. The Morgan fingerprint density at radius 3 is 2.55 bits per heavy atom. The predicted octanol–water partition coefficient (Wildman–Crippen LogP) is 5.19. The van der Waals surface area contributed by atoms with Crippen molar-refractivity contribution in [2.24, 2.45) is 5.92 Å². The quantitative estimate of drug-likeness (QED) is 0.662. The van der Waals surface area contributed by atoms with E-state index in [0.717, 1.165) is 9.43 Å². The summed E-state index contributed by atoms with van der Waals surface area (Å²) in [5.74, 6) is 1.24. The number of nitrogens with zero attached hydrogens (tertiary/aromatic N) is 1. The van der Waals surface area contributed by atoms with Gasteiger partial charge in [0, 0.05) is 18.0 Å². The summed E-state index contributed by atoms with van der Waals surface area (Å²) in [6.45, 7) is 2.16. The predicted molar refractivity (Wildman–Crippen MR) is 92.5 cm³/mol. The molecule has 3 heteroatoms. The lowest BCUT2D eigenvalue weighted by atomic mass is 9.76. The summed E-state index contributed by atoms with van der Waals surface area (Å²) in [6.07, 6.45) is 6.34. The fourth-order valence-corrected chi connectivity index (χ4v) is 4.66. The van der Waals surface area contributed by atoms with Gasteiger partial charge in [-0.25, -0.2) is 0 Å². The number of hydrogen-bond acceptors (Lipinski definition) is 1. The van der Waals surface area contributed by atoms with Gasteiger partial charge in [0.05, 0.1) is 3.39 Å². The molecule has 0 saturated carbocycles. The first-order chi connectivity index (χ1) is 9.56. The van der Waals surface area contributed by atoms with Crippen molar-refractivity contribution in [1.29, 1.82) is 0 Å². The van der Waals surface area contributed by atoms with Gasteiger partial charge in [0.15, 0.2) is 0 Å². The van der Waals surface area contributed by atoms with E-state index in [1.54, 1.807) is 0 Å². The minimum absolute atomic E-state index is 0.593. The van der Waals surface area contributed by atoms with Crippen LogP contribution in [0.1, 0.15) is 36.3 Å². The zero-order valence-electron chi connectivity index (χ0n) is 12.0. The van der Waals surface area contributed by atoms with E-state index in [2.05, 4.69) is 81.1 Å². The van der Waals surface area contributed by atoms with E-state index in [0.29, 0.717) is 17.9 Å². The van der Waals surface area contributed by atoms with Crippen molar-refractivity contribution in [3.05, 3.63) is 44.9 Å². The van der Waals surface area contributed by atoms with Crippen LogP contribution in [-0.4, -0.2) is 24.0 Å². The highest BCUT2D eigenvalue weighted by Crippen LogP contribution is 2.47. The number of rotatable bonds is 2. The molecule has 1 aromatic carbocycles. The van der Waals surface area contributed by atoms with Crippen LogP contribution in [0.2, 0.25) is 0 Å². The minimum Gasteiger partial charge on any atom is -0.300 e. The molecule has 2 aliphatic heterocycles. The summed E-state index contributed by atoms with van der Waals surface area (Å²) < 4.78 is 1.09. The van der Waals surface area contributed by atoms with Gasteiger partial charge in [0.25, 0.3) is 0 Å². The standard InChI is InChI=1S/C17H21Br2N/c1-11-3-5-12(6-4-11)14-9-13-7-8-16(20(13)2)15(14)10-17(18)19/h3-6,10,13-16H,7-9H2,1-2H3/t13-,14+,15-,16+/m0/s1. The minimum atomic E-state index is 0.593. The Hall–Kier alpha value is -0.120. The van der Waals surface area contributed by atoms with Gasteiger partial charge in [0.2, 0.25) is 0 Å². The van der Waals surface area contributed by atoms with Gasteiger partial charge >= 0.3 is 0 Å². The van der Waals surface area contributed by atoms with Crippen LogP contribution in [0.4, 0.5) is 0 Å². The molecule has 3 rings (SSSR count). The number of benzene rings is 1. The molecule has 108 valence electrons. The summed E-state index contributed by atoms with van der Waals surface area (Å²) in [6, 6.07) is 10.6. The third kappa shape index (κ3) is 2.77. The molecule has 0 radical (unpaired) electrons. The lowest BCUT2D eigenvalue weighted by Crippen LogP contribution is -2.45. The van der Waals surface area contributed by atoms with Crippen molar-refractivity contribution in [1.82, 2.24) is 4.90 Å². The van der Waals surface area contributed by atoms with Crippen LogP contribution in [0.15, 0.2) is 33.7 Å². The summed E-state index contributed by atoms with van der Waals surface area (Å²) in [5.41, 5.74) is 2.85. The molecule has 2 bridgehead atoms. The van der Waals surface area contributed by atoms with Gasteiger partial charge in [-0.2, -0.15) is 0 Å². The fourth-order valence-electron chi connectivity index (χ4n) is 4.05. The van der Waals surface area contributed by atoms with Crippen LogP contribution in [0.25, 0.3) is 0 Å². The molecule has 0 aliphatic carbocycles. The van der Waals surface area contributed by atoms with Gasteiger partial charge in [-0.3, -0.25) is 4.90 Å². The van der Waals surface area contributed by atoms with E-state index < -0.39 is 0 Å². The second kappa shape index (κ2) is 5.94. The Morgan fingerprint density at radius 1 is 1.20 bits per heavy atom. The average Bonchev–Trinajstić information content (AvgIpc) is 2.65. The molecule has 1 aromatic rings. The normalized spacial score (nSPS) is 33.2. The molecule has 2 fully saturated rings. The molecule has 20 heavy (non-hydrogen) atoms. The molecule has 2 aliphatic rings. The number of halogens is 2. The molecule has 0 spiro atoms. The smallest absolute Gasteiger partial charge is 0.0567 e. The van der Waals surface area contributed by atoms with Gasteiger partial charge in [-0.15, -0.1) is 0 Å². The van der Waals surface area contributed by atoms with Crippen molar-refractivity contribution >= 4 is 31.9 Å². The lowest BCUT2D eigenvalue weighted by molar-refractivity contribution is 0.124. The maximum absolute atomic E-state index is 3.57. The SMILES string of the molecule is Cc1ccc([C@H]2C[C@@H]3CC[C@H]([C@H]2C=C(Br)Br)N3C)cc1. The van der Waals surface area contributed by atoms with Crippen LogP contribution in [-0.2, 0) is 0 Å². The Kier molecular flexibility index (Phi) is 4.40. The Morgan fingerprint density at radius 2 is 1.90 bits per heavy atom. The molecule has 0 aromatic heterocycles. The van der Waals surface area contributed by atoms with Crippen molar-refractivity contribution in [2.75, 3.05) is 7.05 Å². The number of hydrogen-bond donors (Lipinski definition) is 0. The largest absolute Gasteiger partial charge is 0.300 e. The van der Waals surface area contributed by atoms with Gasteiger partial charge in [0.1, 0.15) is 0 Å². The van der Waals surface area contributed by atoms with Crippen molar-refractivity contribution in [3.8, 4) is 0 Å². The lowest BCUT2D eigenvalue weighted by Gasteiger charge is -2.42. The van der Waals surface area contributed by atoms with Crippen LogP contribution in [0.5, 0.6) is 0 Å². The Labute approximate surface area is 138 Å². The van der Waals surface area contributed by atoms with E-state index in [1.165, 1.54) is 30.4 Å². The average molecular weight is 399 g/mol. The summed E-state index contributed by atoms with van der Waals surface area (Å²) in [4.78, 5) is 2.61. The van der Waals surface area contributed by atoms with Crippen LogP contribution < -0.4 is 0 Å². The molecule has 4 atom stereocenters. The van der Waals surface area contributed by atoms with Crippen molar-refractivity contribution in [3.63, 3.8) is 0 Å². The zero-order valence-corrected chi connectivity index (χ0v) is 15.2. The van der Waals surface area contributed by atoms with E-state index in [-0.39, 0.29) is 0 Å². The highest BCUT2D eigenvalue weighted by atomic mass is 79.9. The highest BCUT2D eigenvalue weighted by molar-refractivity contribution is 9.28. The first-order valence-corrected chi connectivity index (χ1v) is 8.96. The van der Waals surface area contributed by atoms with Crippen LogP contribution >= 0.6 is 31.9 Å². The molecule has 1 nitrogen and oxygen atoms in total. The molecular formula is C17H21Br2N. The van der Waals surface area contributed by atoms with E-state index in [9.17, 15) is 0 Å². The molecule has 2 heterocycles. The van der Waals surface area contributed by atoms with E-state index >= 15 is 0 Å². The van der Waals surface area contributed by atoms with Gasteiger partial charge in [-0.05, 0) is 76.6 Å². The fraction of sp³-hybridized carbons (Fsp3) is 0.529. The molecule has 2 saturated heterocycles. The molecule has 0 unspecified atom stereocenters. The number of piperidine rings is 1. The topological polar surface area (TPSA) is 3.24 Å². The maximum atomic E-state index is 3.57. The molecule has 0 amide bonds. The van der Waals surface area contributed by atoms with Crippen LogP contribution in [0, 0.1) is 12.8 Å². The van der Waals surface area contributed by atoms with Crippen molar-refractivity contribution < 1.29 is 0 Å². The maximum Gasteiger partial charge on any atom is 0.0567 e. The highest BCUT2D eigenvalue weighted by Gasteiger charge is 2.44. The Bertz CT molecular complexity index is 504. The number of fused-ring (bicyclic) bond motifs is 2. The molecule has 0 N–H and O–H groups in total. The number of aryl methyl sites for hydroxylation is 1. The van der Waals surface area contributed by atoms with Crippen LogP contribution in [0.3, 0.4) is 0 Å². The van der Waals surface area contributed by atoms with Gasteiger partial charge < -0.3 is 0 Å². The van der Waals surface area contributed by atoms with E-state index in [4.69, 9.17) is 0 Å². The Balaban J connectivity index is 1.95. The van der Waals surface area contributed by atoms with Gasteiger partial charge in [-0.1, -0.05) is 35.9 Å². The van der Waals surface area contributed by atoms with Crippen molar-refractivity contribution in [2.45, 2.75) is 44.2 Å². The first-order valence-electron chi connectivity index (χ1n) is 7.37. The third-order valence-electron chi connectivity index (χ3n) is 5.15.